The number of methoxy groups -OCH3 is 2. The highest BCUT2D eigenvalue weighted by atomic mass is 16.5. The Morgan fingerprint density at radius 3 is 2.45 bits per heavy atom. The lowest BCUT2D eigenvalue weighted by Gasteiger charge is -2.41. The van der Waals surface area contributed by atoms with Crippen LogP contribution in [0, 0.1) is 0 Å². The number of carbonyl (C=O) groups excluding carboxylic acids is 1. The van der Waals surface area contributed by atoms with Gasteiger partial charge >= 0.3 is 6.09 Å². The second kappa shape index (κ2) is 15.0. The van der Waals surface area contributed by atoms with Crippen LogP contribution in [0.1, 0.15) is 63.8 Å². The van der Waals surface area contributed by atoms with Gasteiger partial charge in [-0.15, -0.1) is 0 Å². The summed E-state index contributed by atoms with van der Waals surface area (Å²) in [7, 11) is 3.37. The van der Waals surface area contributed by atoms with Gasteiger partial charge in [-0.1, -0.05) is 54.6 Å². The molecule has 3 aromatic carbocycles. The first-order valence-electron chi connectivity index (χ1n) is 16.6. The first kappa shape index (κ1) is 34.0. The number of ether oxygens (including phenoxy) is 2. The lowest BCUT2D eigenvalue weighted by atomic mass is 9.93. The average molecular weight is 641 g/mol. The van der Waals surface area contributed by atoms with Crippen molar-refractivity contribution in [3.8, 4) is 16.9 Å². The molecule has 1 aliphatic rings. The summed E-state index contributed by atoms with van der Waals surface area (Å²) in [5.41, 5.74) is 4.34. The molecule has 0 aliphatic carbocycles. The molecule has 5 rings (SSSR count). The molecular formula is C38H48N4O5. The standard InChI is InChI=1S/C38H48N4O5/c1-38(2,3)42(37(44)45)30(24-27-17-19-28(20-18-27)31-13-6-9-16-34(31)47-5)25-35(43)40-21-10-12-29(26-40)36-39-32-14-7-8-15-33(32)41(36)22-11-23-46-4/h6-9,13-20,29-30H,10-12,21-26H2,1-5H3,(H,44,45)/t29-,30-/m1/s1. The number of benzene rings is 3. The summed E-state index contributed by atoms with van der Waals surface area (Å²) in [6.07, 6.45) is 2.20. The second-order valence-corrected chi connectivity index (χ2v) is 13.4. The van der Waals surface area contributed by atoms with Crippen molar-refractivity contribution in [2.45, 2.75) is 76.9 Å². The molecule has 2 amide bonds. The Bertz CT molecular complexity index is 1660. The molecule has 1 aliphatic heterocycles. The molecule has 250 valence electrons. The number of carboxylic acid groups (broad SMARTS) is 1. The largest absolute Gasteiger partial charge is 0.496 e. The highest BCUT2D eigenvalue weighted by molar-refractivity contribution is 5.79. The highest BCUT2D eigenvalue weighted by Crippen LogP contribution is 2.32. The van der Waals surface area contributed by atoms with E-state index in [1.807, 2.05) is 92.4 Å². The van der Waals surface area contributed by atoms with E-state index in [9.17, 15) is 14.7 Å². The number of aromatic nitrogens is 2. The number of aryl methyl sites for hydroxylation is 1. The van der Waals surface area contributed by atoms with E-state index >= 15 is 0 Å². The highest BCUT2D eigenvalue weighted by Gasteiger charge is 2.37. The minimum absolute atomic E-state index is 0.0251. The van der Waals surface area contributed by atoms with E-state index in [4.69, 9.17) is 14.5 Å². The lowest BCUT2D eigenvalue weighted by molar-refractivity contribution is -0.134. The summed E-state index contributed by atoms with van der Waals surface area (Å²) >= 11 is 0. The molecule has 1 saturated heterocycles. The number of nitrogens with zero attached hydrogens (tertiary/aromatic N) is 4. The Labute approximate surface area is 278 Å². The first-order chi connectivity index (χ1) is 22.6. The van der Waals surface area contributed by atoms with Crippen molar-refractivity contribution in [3.63, 3.8) is 0 Å². The Hall–Kier alpha value is -4.37. The molecule has 0 bridgehead atoms. The second-order valence-electron chi connectivity index (χ2n) is 13.4. The summed E-state index contributed by atoms with van der Waals surface area (Å²) in [5.74, 6) is 1.87. The lowest BCUT2D eigenvalue weighted by Crippen LogP contribution is -2.54. The van der Waals surface area contributed by atoms with E-state index < -0.39 is 17.7 Å². The third kappa shape index (κ3) is 7.96. The third-order valence-corrected chi connectivity index (χ3v) is 9.10. The van der Waals surface area contributed by atoms with Crippen LogP contribution in [0.15, 0.2) is 72.8 Å². The molecule has 1 fully saturated rings. The number of hydrogen-bond acceptors (Lipinski definition) is 5. The van der Waals surface area contributed by atoms with Gasteiger partial charge in [0.1, 0.15) is 11.6 Å². The first-order valence-corrected chi connectivity index (χ1v) is 16.6. The quantitative estimate of drug-likeness (QED) is 0.164. The molecule has 47 heavy (non-hydrogen) atoms. The maximum atomic E-state index is 14.1. The van der Waals surface area contributed by atoms with Crippen LogP contribution in [0.2, 0.25) is 0 Å². The predicted octanol–water partition coefficient (Wildman–Crippen LogP) is 7.23. The normalized spacial score (nSPS) is 15.9. The molecule has 2 heterocycles. The summed E-state index contributed by atoms with van der Waals surface area (Å²) < 4.78 is 13.2. The van der Waals surface area contributed by atoms with Gasteiger partial charge in [-0.25, -0.2) is 9.78 Å². The van der Waals surface area contributed by atoms with E-state index in [-0.39, 0.29) is 18.2 Å². The van der Waals surface area contributed by atoms with Crippen molar-refractivity contribution in [3.05, 3.63) is 84.2 Å². The maximum Gasteiger partial charge on any atom is 0.408 e. The molecule has 0 radical (unpaired) electrons. The summed E-state index contributed by atoms with van der Waals surface area (Å²) in [6.45, 7) is 8.33. The third-order valence-electron chi connectivity index (χ3n) is 9.10. The molecule has 0 unspecified atom stereocenters. The number of piperidine rings is 1. The molecule has 1 N–H and O–H groups in total. The van der Waals surface area contributed by atoms with Gasteiger partial charge in [0.25, 0.3) is 0 Å². The van der Waals surface area contributed by atoms with Crippen LogP contribution in [-0.2, 0) is 22.5 Å². The van der Waals surface area contributed by atoms with Gasteiger partial charge in [0, 0.05) is 62.8 Å². The van der Waals surface area contributed by atoms with Crippen LogP contribution in [-0.4, -0.2) is 82.0 Å². The van der Waals surface area contributed by atoms with Crippen molar-refractivity contribution >= 4 is 23.0 Å². The fourth-order valence-corrected chi connectivity index (χ4v) is 6.97. The zero-order valence-corrected chi connectivity index (χ0v) is 28.3. The summed E-state index contributed by atoms with van der Waals surface area (Å²) in [4.78, 5) is 35.2. The molecule has 9 nitrogen and oxygen atoms in total. The molecule has 2 atom stereocenters. The van der Waals surface area contributed by atoms with E-state index in [1.54, 1.807) is 14.2 Å². The molecule has 1 aromatic heterocycles. The topological polar surface area (TPSA) is 97.1 Å². The van der Waals surface area contributed by atoms with Gasteiger partial charge in [0.15, 0.2) is 0 Å². The molecule has 9 heteroatoms. The van der Waals surface area contributed by atoms with Crippen molar-refractivity contribution in [2.75, 3.05) is 33.9 Å². The zero-order chi connectivity index (χ0) is 33.6. The minimum atomic E-state index is -1.03. The fraction of sp³-hybridized carbons (Fsp3) is 0.447. The summed E-state index contributed by atoms with van der Waals surface area (Å²) in [5, 5.41) is 10.4. The van der Waals surface area contributed by atoms with E-state index in [1.165, 1.54) is 4.90 Å². The fourth-order valence-electron chi connectivity index (χ4n) is 6.97. The van der Waals surface area contributed by atoms with Crippen molar-refractivity contribution in [1.29, 1.82) is 0 Å². The van der Waals surface area contributed by atoms with Crippen LogP contribution in [0.5, 0.6) is 5.75 Å². The van der Waals surface area contributed by atoms with Crippen LogP contribution >= 0.6 is 0 Å². The minimum Gasteiger partial charge on any atom is -0.496 e. The molecular weight excluding hydrogens is 592 g/mol. The monoisotopic (exact) mass is 640 g/mol. The van der Waals surface area contributed by atoms with E-state index in [0.29, 0.717) is 26.1 Å². The zero-order valence-electron chi connectivity index (χ0n) is 28.3. The SMILES string of the molecule is COCCCn1c([C@@H]2CCCN(C(=O)C[C@@H](Cc3ccc(-c4ccccc4OC)cc3)N(C(=O)O)C(C)(C)C)C2)nc2ccccc21. The summed E-state index contributed by atoms with van der Waals surface area (Å²) in [6, 6.07) is 23.6. The van der Waals surface area contributed by atoms with Crippen LogP contribution < -0.4 is 4.74 Å². The number of rotatable bonds is 12. The number of para-hydroxylation sites is 3. The van der Waals surface area contributed by atoms with Gasteiger partial charge in [-0.05, 0) is 75.8 Å². The number of hydrogen-bond donors (Lipinski definition) is 1. The maximum absolute atomic E-state index is 14.1. The average Bonchev–Trinajstić information content (AvgIpc) is 3.43. The smallest absolute Gasteiger partial charge is 0.408 e. The number of fused-ring (bicyclic) bond motifs is 1. The Balaban J connectivity index is 1.36. The Morgan fingerprint density at radius 2 is 1.74 bits per heavy atom. The van der Waals surface area contributed by atoms with Crippen LogP contribution in [0.4, 0.5) is 4.79 Å². The molecule has 0 saturated carbocycles. The van der Waals surface area contributed by atoms with E-state index in [0.717, 1.165) is 65.1 Å². The van der Waals surface area contributed by atoms with Gasteiger partial charge in [0.2, 0.25) is 5.91 Å². The van der Waals surface area contributed by atoms with E-state index in [2.05, 4.69) is 10.6 Å². The Kier molecular flexibility index (Phi) is 10.9. The number of amides is 2. The number of carbonyl (C=O) groups is 2. The number of likely N-dealkylation sites (tertiary alicyclic amines) is 1. The molecule has 0 spiro atoms. The van der Waals surface area contributed by atoms with Gasteiger partial charge in [-0.2, -0.15) is 0 Å². The Morgan fingerprint density at radius 1 is 1.02 bits per heavy atom. The van der Waals surface area contributed by atoms with Gasteiger partial charge in [-0.3, -0.25) is 9.69 Å². The predicted molar refractivity (Wildman–Crippen MR) is 185 cm³/mol. The van der Waals surface area contributed by atoms with Crippen molar-refractivity contribution < 1.29 is 24.2 Å². The van der Waals surface area contributed by atoms with Crippen LogP contribution in [0.3, 0.4) is 0 Å². The van der Waals surface area contributed by atoms with Gasteiger partial charge in [0.05, 0.1) is 18.1 Å². The van der Waals surface area contributed by atoms with Gasteiger partial charge < -0.3 is 24.0 Å². The number of imidazole rings is 1. The molecule has 4 aromatic rings. The van der Waals surface area contributed by atoms with Crippen LogP contribution in [0.25, 0.3) is 22.2 Å². The van der Waals surface area contributed by atoms with Crippen molar-refractivity contribution in [1.82, 2.24) is 19.4 Å². The van der Waals surface area contributed by atoms with Crippen molar-refractivity contribution in [2.24, 2.45) is 0 Å².